The molecule has 0 saturated heterocycles. The molecule has 23 heavy (non-hydrogen) atoms. The summed E-state index contributed by atoms with van der Waals surface area (Å²) in [6.07, 6.45) is -2.39. The average molecular weight is 327 g/mol. The molecule has 1 aromatic rings. The molecule has 0 radical (unpaired) electrons. The van der Waals surface area contributed by atoms with Crippen molar-refractivity contribution in [2.45, 2.75) is 36.7 Å². The third kappa shape index (κ3) is 3.44. The molecule has 1 aromatic carbocycles. The number of aliphatic hydroxyl groups excluding tert-OH is 4. The highest BCUT2D eigenvalue weighted by molar-refractivity contribution is 5.46. The van der Waals surface area contributed by atoms with E-state index in [0.717, 1.165) is 12.7 Å². The summed E-state index contributed by atoms with van der Waals surface area (Å²) >= 11 is 0. The lowest BCUT2D eigenvalue weighted by Crippen LogP contribution is -2.57. The molecule has 130 valence electrons. The Morgan fingerprint density at radius 3 is 2.30 bits per heavy atom. The highest BCUT2D eigenvalue weighted by Gasteiger charge is 2.45. The summed E-state index contributed by atoms with van der Waals surface area (Å²) in [5, 5.41) is 37.6. The van der Waals surface area contributed by atoms with Crippen LogP contribution >= 0.6 is 0 Å². The minimum atomic E-state index is -0.919. The quantitative estimate of drug-likeness (QED) is 0.582. The maximum absolute atomic E-state index is 10.4. The van der Waals surface area contributed by atoms with Crippen LogP contribution in [0.2, 0.25) is 0 Å². The maximum atomic E-state index is 10.4. The van der Waals surface area contributed by atoms with Crippen LogP contribution in [-0.2, 0) is 0 Å². The molecule has 4 N–H and O–H groups in total. The van der Waals surface area contributed by atoms with E-state index in [9.17, 15) is 15.3 Å². The zero-order chi connectivity index (χ0) is 17.1. The molecule has 1 aliphatic heterocycles. The molecule has 1 saturated carbocycles. The first kappa shape index (κ1) is 18.0. The van der Waals surface area contributed by atoms with E-state index in [0.29, 0.717) is 11.5 Å². The Hall–Kier alpha value is -1.38. The number of hydrogen-bond acceptors (Lipinski definition) is 7. The third-order valence-electron chi connectivity index (χ3n) is 4.39. The van der Waals surface area contributed by atoms with E-state index in [4.69, 9.17) is 14.6 Å². The maximum Gasteiger partial charge on any atom is 0.231 e. The van der Waals surface area contributed by atoms with Crippen LogP contribution in [0.3, 0.4) is 0 Å². The molecular formula is C16H25NO6. The van der Waals surface area contributed by atoms with Crippen molar-refractivity contribution in [3.05, 3.63) is 23.8 Å². The van der Waals surface area contributed by atoms with Crippen LogP contribution in [0.25, 0.3) is 0 Å². The van der Waals surface area contributed by atoms with Crippen LogP contribution in [0.5, 0.6) is 11.5 Å². The summed E-state index contributed by atoms with van der Waals surface area (Å²) < 4.78 is 10.7. The minimum Gasteiger partial charge on any atom is -0.454 e. The largest absolute Gasteiger partial charge is 0.454 e. The standard InChI is InChI=1S/C15H21NO5.CH4O/c1-16(2)14-13(9(17)6-10(18)15(14)19)8-3-4-11-12(5-8)21-7-20-11;1-2/h3-5,9-10,13-15,17-19H,6-7H2,1-2H3;2H,1H3/t9?,10?,13?,14-,15?;/m1./s1. The Balaban J connectivity index is 0.000000924. The Morgan fingerprint density at radius 1 is 1.00 bits per heavy atom. The first-order valence-electron chi connectivity index (χ1n) is 7.54. The van der Waals surface area contributed by atoms with Crippen molar-refractivity contribution >= 4 is 0 Å². The molecule has 3 rings (SSSR count). The highest BCUT2D eigenvalue weighted by atomic mass is 16.7. The third-order valence-corrected chi connectivity index (χ3v) is 4.39. The number of ether oxygens (including phenoxy) is 2. The summed E-state index contributed by atoms with van der Waals surface area (Å²) in [7, 11) is 4.66. The predicted octanol–water partition coefficient (Wildman–Crippen LogP) is -0.476. The van der Waals surface area contributed by atoms with Gasteiger partial charge in [-0.25, -0.2) is 0 Å². The highest BCUT2D eigenvalue weighted by Crippen LogP contribution is 2.40. The fourth-order valence-corrected chi connectivity index (χ4v) is 3.37. The molecule has 4 unspecified atom stereocenters. The molecule has 7 nitrogen and oxygen atoms in total. The van der Waals surface area contributed by atoms with E-state index in [1.165, 1.54) is 0 Å². The molecule has 1 fully saturated rings. The first-order chi connectivity index (χ1) is 11.0. The molecule has 1 heterocycles. The second kappa shape index (κ2) is 7.46. The summed E-state index contributed by atoms with van der Waals surface area (Å²) in [6.45, 7) is 0.199. The molecule has 0 spiro atoms. The molecule has 0 aromatic heterocycles. The Kier molecular flexibility index (Phi) is 5.83. The van der Waals surface area contributed by atoms with Crippen LogP contribution in [0.4, 0.5) is 0 Å². The molecule has 2 aliphatic rings. The summed E-state index contributed by atoms with van der Waals surface area (Å²) in [6, 6.07) is 5.16. The number of nitrogens with zero attached hydrogens (tertiary/aromatic N) is 1. The molecule has 7 heteroatoms. The van der Waals surface area contributed by atoms with Gasteiger partial charge in [0.25, 0.3) is 0 Å². The zero-order valence-electron chi connectivity index (χ0n) is 13.6. The van der Waals surface area contributed by atoms with Gasteiger partial charge >= 0.3 is 0 Å². The zero-order valence-corrected chi connectivity index (χ0v) is 13.6. The summed E-state index contributed by atoms with van der Waals surface area (Å²) in [4.78, 5) is 1.84. The number of hydrogen-bond donors (Lipinski definition) is 4. The van der Waals surface area contributed by atoms with Crippen LogP contribution in [0.15, 0.2) is 18.2 Å². The van der Waals surface area contributed by atoms with Crippen molar-refractivity contribution < 1.29 is 29.9 Å². The molecule has 0 bridgehead atoms. The van der Waals surface area contributed by atoms with Gasteiger partial charge in [0.1, 0.15) is 0 Å². The number of benzene rings is 1. The van der Waals surface area contributed by atoms with Gasteiger partial charge in [0.05, 0.1) is 18.3 Å². The normalized spacial score (nSPS) is 32.4. The van der Waals surface area contributed by atoms with E-state index < -0.39 is 18.3 Å². The first-order valence-corrected chi connectivity index (χ1v) is 7.54. The number of fused-ring (bicyclic) bond motifs is 1. The van der Waals surface area contributed by atoms with Gasteiger partial charge in [-0.2, -0.15) is 0 Å². The average Bonchev–Trinajstić information content (AvgIpc) is 2.99. The fraction of sp³-hybridized carbons (Fsp3) is 0.625. The van der Waals surface area contributed by atoms with Crippen LogP contribution < -0.4 is 9.47 Å². The van der Waals surface area contributed by atoms with Gasteiger partial charge in [-0.1, -0.05) is 6.07 Å². The van der Waals surface area contributed by atoms with Gasteiger partial charge in [-0.15, -0.1) is 0 Å². The second-order valence-electron chi connectivity index (χ2n) is 5.95. The van der Waals surface area contributed by atoms with E-state index >= 15 is 0 Å². The minimum absolute atomic E-state index is 0.157. The van der Waals surface area contributed by atoms with E-state index in [1.807, 2.05) is 37.2 Å². The lowest BCUT2D eigenvalue weighted by atomic mass is 9.74. The van der Waals surface area contributed by atoms with Crippen molar-refractivity contribution in [2.75, 3.05) is 28.0 Å². The van der Waals surface area contributed by atoms with Gasteiger partial charge in [-0.3, -0.25) is 0 Å². The topological polar surface area (TPSA) is 103 Å². The molecule has 1 aliphatic carbocycles. The van der Waals surface area contributed by atoms with Crippen molar-refractivity contribution in [1.29, 1.82) is 0 Å². The molecule has 5 atom stereocenters. The molecule has 0 amide bonds. The van der Waals surface area contributed by atoms with E-state index in [-0.39, 0.29) is 25.2 Å². The monoisotopic (exact) mass is 327 g/mol. The Bertz CT molecular complexity index is 523. The second-order valence-corrected chi connectivity index (χ2v) is 5.95. The Morgan fingerprint density at radius 2 is 1.65 bits per heavy atom. The SMILES string of the molecule is CN(C)[C@H]1C(O)C(O)CC(O)C1c1ccc2c(c1)OCO2.CO. The van der Waals surface area contributed by atoms with Crippen molar-refractivity contribution in [1.82, 2.24) is 4.90 Å². The van der Waals surface area contributed by atoms with Crippen LogP contribution in [-0.4, -0.2) is 77.7 Å². The number of rotatable bonds is 2. The van der Waals surface area contributed by atoms with E-state index in [2.05, 4.69) is 0 Å². The van der Waals surface area contributed by atoms with Crippen LogP contribution in [0, 0.1) is 0 Å². The van der Waals surface area contributed by atoms with Gasteiger partial charge in [0, 0.05) is 25.5 Å². The lowest BCUT2D eigenvalue weighted by Gasteiger charge is -2.44. The Labute approximate surface area is 135 Å². The van der Waals surface area contributed by atoms with Crippen LogP contribution in [0.1, 0.15) is 17.9 Å². The summed E-state index contributed by atoms with van der Waals surface area (Å²) in [5.74, 6) is 1.04. The lowest BCUT2D eigenvalue weighted by molar-refractivity contribution is -0.102. The van der Waals surface area contributed by atoms with Gasteiger partial charge < -0.3 is 34.8 Å². The fourth-order valence-electron chi connectivity index (χ4n) is 3.37. The summed E-state index contributed by atoms with van der Waals surface area (Å²) in [5.41, 5.74) is 0.872. The van der Waals surface area contributed by atoms with Gasteiger partial charge in [0.2, 0.25) is 6.79 Å². The smallest absolute Gasteiger partial charge is 0.231 e. The van der Waals surface area contributed by atoms with Gasteiger partial charge in [0.15, 0.2) is 11.5 Å². The van der Waals surface area contributed by atoms with Gasteiger partial charge in [-0.05, 0) is 31.8 Å². The van der Waals surface area contributed by atoms with Crippen molar-refractivity contribution in [3.63, 3.8) is 0 Å². The predicted molar refractivity (Wildman–Crippen MR) is 83.6 cm³/mol. The van der Waals surface area contributed by atoms with Crippen molar-refractivity contribution in [3.8, 4) is 11.5 Å². The number of likely N-dealkylation sites (N-methyl/N-ethyl adjacent to an activating group) is 1. The number of aliphatic hydroxyl groups is 4. The van der Waals surface area contributed by atoms with Crippen molar-refractivity contribution in [2.24, 2.45) is 0 Å². The van der Waals surface area contributed by atoms with E-state index in [1.54, 1.807) is 0 Å². The molecular weight excluding hydrogens is 302 g/mol.